The summed E-state index contributed by atoms with van der Waals surface area (Å²) < 4.78 is 0. The van der Waals surface area contributed by atoms with Crippen LogP contribution < -0.4 is 10.2 Å². The average molecular weight is 290 g/mol. The molecular formula is C17H30N4. The van der Waals surface area contributed by atoms with Gasteiger partial charge in [-0.1, -0.05) is 34.6 Å². The van der Waals surface area contributed by atoms with E-state index in [2.05, 4.69) is 51.8 Å². The molecule has 118 valence electrons. The molecular weight excluding hydrogens is 260 g/mol. The van der Waals surface area contributed by atoms with Crippen molar-refractivity contribution in [1.29, 1.82) is 0 Å². The van der Waals surface area contributed by atoms with Gasteiger partial charge in [0, 0.05) is 31.1 Å². The van der Waals surface area contributed by atoms with E-state index in [1.165, 1.54) is 12.8 Å². The fourth-order valence-electron chi connectivity index (χ4n) is 3.00. The lowest BCUT2D eigenvalue weighted by molar-refractivity contribution is 0.291. The standard InChI is InChI=1S/C17H30N4/c1-12-13(18-7)19-15(16(2,3)4)20-14(12)21-10-8-9-17(5,6)11-21/h8-11H2,1-7H3,(H,18,19,20). The molecule has 1 N–H and O–H groups in total. The first-order chi connectivity index (χ1) is 9.64. The number of aromatic nitrogens is 2. The highest BCUT2D eigenvalue weighted by atomic mass is 15.2. The summed E-state index contributed by atoms with van der Waals surface area (Å²) in [5.41, 5.74) is 1.47. The van der Waals surface area contributed by atoms with Gasteiger partial charge in [-0.15, -0.1) is 0 Å². The lowest BCUT2D eigenvalue weighted by Gasteiger charge is -2.39. The Bertz CT molecular complexity index is 514. The molecule has 0 saturated carbocycles. The molecule has 1 aliphatic rings. The maximum absolute atomic E-state index is 4.92. The Hall–Kier alpha value is -1.32. The summed E-state index contributed by atoms with van der Waals surface area (Å²) in [6.07, 6.45) is 2.52. The van der Waals surface area contributed by atoms with Crippen molar-refractivity contribution >= 4 is 11.6 Å². The molecule has 0 bridgehead atoms. The monoisotopic (exact) mass is 290 g/mol. The van der Waals surface area contributed by atoms with E-state index in [1.54, 1.807) is 0 Å². The maximum atomic E-state index is 4.92. The molecule has 1 saturated heterocycles. The molecule has 4 nitrogen and oxygen atoms in total. The van der Waals surface area contributed by atoms with Crippen LogP contribution in [-0.4, -0.2) is 30.1 Å². The van der Waals surface area contributed by atoms with Crippen molar-refractivity contribution in [3.63, 3.8) is 0 Å². The number of nitrogens with zero attached hydrogens (tertiary/aromatic N) is 3. The minimum absolute atomic E-state index is 0.0423. The topological polar surface area (TPSA) is 41.1 Å². The molecule has 0 amide bonds. The second-order valence-corrected chi connectivity index (χ2v) is 8.03. The molecule has 1 aliphatic heterocycles. The van der Waals surface area contributed by atoms with Gasteiger partial charge in [0.05, 0.1) is 0 Å². The molecule has 1 aromatic heterocycles. The van der Waals surface area contributed by atoms with E-state index < -0.39 is 0 Å². The van der Waals surface area contributed by atoms with Crippen LogP contribution in [0, 0.1) is 12.3 Å². The van der Waals surface area contributed by atoms with E-state index in [9.17, 15) is 0 Å². The molecule has 0 atom stereocenters. The Kier molecular flexibility index (Phi) is 4.18. The van der Waals surface area contributed by atoms with Crippen molar-refractivity contribution in [2.45, 2.75) is 59.8 Å². The number of anilines is 2. The minimum atomic E-state index is -0.0423. The largest absolute Gasteiger partial charge is 0.373 e. The highest BCUT2D eigenvalue weighted by molar-refractivity contribution is 5.59. The van der Waals surface area contributed by atoms with Gasteiger partial charge in [0.2, 0.25) is 0 Å². The van der Waals surface area contributed by atoms with Gasteiger partial charge in [-0.3, -0.25) is 0 Å². The molecule has 21 heavy (non-hydrogen) atoms. The summed E-state index contributed by atoms with van der Waals surface area (Å²) in [6, 6.07) is 0. The van der Waals surface area contributed by atoms with Gasteiger partial charge in [0.15, 0.2) is 0 Å². The second kappa shape index (κ2) is 5.47. The molecule has 2 heterocycles. The van der Waals surface area contributed by atoms with Gasteiger partial charge in [-0.25, -0.2) is 9.97 Å². The first kappa shape index (κ1) is 16.1. The van der Waals surface area contributed by atoms with Gasteiger partial charge in [0.1, 0.15) is 17.5 Å². The zero-order chi connectivity index (χ0) is 15.8. The third-order valence-corrected chi connectivity index (χ3v) is 4.23. The SMILES string of the molecule is CNc1nc(C(C)(C)C)nc(N2CCCC(C)(C)C2)c1C. The van der Waals surface area contributed by atoms with E-state index in [4.69, 9.17) is 9.97 Å². The summed E-state index contributed by atoms with van der Waals surface area (Å²) in [6.45, 7) is 15.5. The fourth-order valence-corrected chi connectivity index (χ4v) is 3.00. The summed E-state index contributed by atoms with van der Waals surface area (Å²) in [5, 5.41) is 3.23. The normalized spacial score (nSPS) is 18.7. The Morgan fingerprint density at radius 2 is 1.86 bits per heavy atom. The Labute approximate surface area is 129 Å². The zero-order valence-corrected chi connectivity index (χ0v) is 14.7. The van der Waals surface area contributed by atoms with Gasteiger partial charge in [-0.2, -0.15) is 0 Å². The van der Waals surface area contributed by atoms with Crippen LogP contribution in [0.4, 0.5) is 11.6 Å². The molecule has 0 spiro atoms. The van der Waals surface area contributed by atoms with E-state index in [-0.39, 0.29) is 5.41 Å². The Balaban J connectivity index is 2.47. The van der Waals surface area contributed by atoms with Crippen molar-refractivity contribution in [1.82, 2.24) is 9.97 Å². The highest BCUT2D eigenvalue weighted by Gasteiger charge is 2.30. The van der Waals surface area contributed by atoms with Gasteiger partial charge < -0.3 is 10.2 Å². The molecule has 0 aromatic carbocycles. The molecule has 1 fully saturated rings. The molecule has 4 heteroatoms. The van der Waals surface area contributed by atoms with Crippen LogP contribution in [0.3, 0.4) is 0 Å². The summed E-state index contributed by atoms with van der Waals surface area (Å²) in [5.74, 6) is 2.97. The second-order valence-electron chi connectivity index (χ2n) is 8.03. The van der Waals surface area contributed by atoms with E-state index >= 15 is 0 Å². The van der Waals surface area contributed by atoms with Crippen LogP contribution >= 0.6 is 0 Å². The van der Waals surface area contributed by atoms with Gasteiger partial charge in [-0.05, 0) is 25.2 Å². The van der Waals surface area contributed by atoms with Crippen LogP contribution in [0.2, 0.25) is 0 Å². The molecule has 0 radical (unpaired) electrons. The Morgan fingerprint density at radius 1 is 1.19 bits per heavy atom. The first-order valence-corrected chi connectivity index (χ1v) is 7.96. The molecule has 0 aliphatic carbocycles. The number of piperidine rings is 1. The molecule has 2 rings (SSSR count). The molecule has 1 aromatic rings. The van der Waals surface area contributed by atoms with Gasteiger partial charge >= 0.3 is 0 Å². The van der Waals surface area contributed by atoms with Crippen LogP contribution in [0.15, 0.2) is 0 Å². The van der Waals surface area contributed by atoms with Crippen LogP contribution in [0.25, 0.3) is 0 Å². The van der Waals surface area contributed by atoms with E-state index in [1.807, 2.05) is 7.05 Å². The van der Waals surface area contributed by atoms with E-state index in [0.717, 1.165) is 36.1 Å². The lowest BCUT2D eigenvalue weighted by Crippen LogP contribution is -2.41. The number of hydrogen-bond donors (Lipinski definition) is 1. The fraction of sp³-hybridized carbons (Fsp3) is 0.765. The third-order valence-electron chi connectivity index (χ3n) is 4.23. The Morgan fingerprint density at radius 3 is 2.38 bits per heavy atom. The first-order valence-electron chi connectivity index (χ1n) is 7.96. The summed E-state index contributed by atoms with van der Waals surface area (Å²) in [4.78, 5) is 12.1. The highest BCUT2D eigenvalue weighted by Crippen LogP contribution is 2.34. The van der Waals surface area contributed by atoms with Crippen molar-refractivity contribution in [3.05, 3.63) is 11.4 Å². The minimum Gasteiger partial charge on any atom is -0.373 e. The average Bonchev–Trinajstić information content (AvgIpc) is 2.36. The summed E-state index contributed by atoms with van der Waals surface area (Å²) >= 11 is 0. The van der Waals surface area contributed by atoms with E-state index in [0.29, 0.717) is 5.41 Å². The van der Waals surface area contributed by atoms with Crippen LogP contribution in [0.1, 0.15) is 58.8 Å². The number of rotatable bonds is 2. The van der Waals surface area contributed by atoms with Crippen LogP contribution in [-0.2, 0) is 5.41 Å². The number of hydrogen-bond acceptors (Lipinski definition) is 4. The predicted octanol–water partition coefficient (Wildman–Crippen LogP) is 3.75. The smallest absolute Gasteiger partial charge is 0.138 e. The van der Waals surface area contributed by atoms with Crippen molar-refractivity contribution in [2.24, 2.45) is 5.41 Å². The van der Waals surface area contributed by atoms with Crippen LogP contribution in [0.5, 0.6) is 0 Å². The van der Waals surface area contributed by atoms with Crippen molar-refractivity contribution in [2.75, 3.05) is 30.4 Å². The number of nitrogens with one attached hydrogen (secondary N) is 1. The molecule has 0 unspecified atom stereocenters. The lowest BCUT2D eigenvalue weighted by atomic mass is 9.84. The predicted molar refractivity (Wildman–Crippen MR) is 90.2 cm³/mol. The third kappa shape index (κ3) is 3.47. The van der Waals surface area contributed by atoms with Crippen molar-refractivity contribution < 1.29 is 0 Å². The maximum Gasteiger partial charge on any atom is 0.138 e. The zero-order valence-electron chi connectivity index (χ0n) is 14.7. The van der Waals surface area contributed by atoms with Crippen molar-refractivity contribution in [3.8, 4) is 0 Å². The quantitative estimate of drug-likeness (QED) is 0.900. The van der Waals surface area contributed by atoms with Gasteiger partial charge in [0.25, 0.3) is 0 Å². The summed E-state index contributed by atoms with van der Waals surface area (Å²) in [7, 11) is 1.94.